The molecule has 14 heteroatoms. The number of imidazole rings is 1. The zero-order valence-electron chi connectivity index (χ0n) is 18.8. The maximum Gasteiger partial charge on any atom is 0.328 e. The molecule has 14 nitrogen and oxygen atoms in total. The van der Waals surface area contributed by atoms with Gasteiger partial charge in [0.25, 0.3) is 0 Å². The van der Waals surface area contributed by atoms with Crippen molar-refractivity contribution in [1.82, 2.24) is 25.5 Å². The fourth-order valence-electron chi connectivity index (χ4n) is 3.67. The number of carboxylic acids is 1. The van der Waals surface area contributed by atoms with Crippen LogP contribution in [0.1, 0.15) is 38.3 Å². The van der Waals surface area contributed by atoms with Crippen LogP contribution in [0.25, 0.3) is 0 Å². The van der Waals surface area contributed by atoms with E-state index in [1.807, 2.05) is 0 Å². The number of aliphatic hydroxyl groups is 1. The number of aromatic amines is 1. The number of nitrogens with zero attached hydrogens (tertiary/aromatic N) is 2. The first-order valence-electron chi connectivity index (χ1n) is 10.8. The summed E-state index contributed by atoms with van der Waals surface area (Å²) in [5, 5.41) is 23.7. The number of primary amides is 1. The number of carbonyl (C=O) groups excluding carboxylic acids is 4. The van der Waals surface area contributed by atoms with Gasteiger partial charge in [0.15, 0.2) is 6.04 Å². The van der Waals surface area contributed by atoms with Gasteiger partial charge in [-0.05, 0) is 26.2 Å². The third kappa shape index (κ3) is 7.25. The van der Waals surface area contributed by atoms with Gasteiger partial charge < -0.3 is 42.2 Å². The van der Waals surface area contributed by atoms with Crippen LogP contribution in [0.3, 0.4) is 0 Å². The number of hydrogen-bond acceptors (Lipinski definition) is 8. The first-order chi connectivity index (χ1) is 16.0. The van der Waals surface area contributed by atoms with E-state index in [0.29, 0.717) is 18.5 Å². The van der Waals surface area contributed by atoms with Gasteiger partial charge in [0, 0.05) is 31.3 Å². The SMILES string of the molecule is CC(O)C(NC(=O)C(Cc1cnc[nH]1)NC(=O)C1CCCN1C(=O)C(N)CCC(N)=O)C(=O)O. The van der Waals surface area contributed by atoms with Crippen molar-refractivity contribution in [3.8, 4) is 0 Å². The Morgan fingerprint density at radius 2 is 2.00 bits per heavy atom. The van der Waals surface area contributed by atoms with Crippen LogP contribution in [0, 0.1) is 0 Å². The Morgan fingerprint density at radius 3 is 2.56 bits per heavy atom. The number of likely N-dealkylation sites (tertiary alicyclic amines) is 1. The third-order valence-electron chi connectivity index (χ3n) is 5.52. The molecule has 0 saturated carbocycles. The molecule has 0 spiro atoms. The monoisotopic (exact) mass is 481 g/mol. The van der Waals surface area contributed by atoms with E-state index >= 15 is 0 Å². The average Bonchev–Trinajstić information content (AvgIpc) is 3.46. The maximum absolute atomic E-state index is 13.1. The fourth-order valence-corrected chi connectivity index (χ4v) is 3.67. The Bertz CT molecular complexity index is 890. The number of nitrogens with two attached hydrogens (primary N) is 2. The molecule has 1 aromatic rings. The van der Waals surface area contributed by atoms with Crippen LogP contribution in [0.15, 0.2) is 12.5 Å². The van der Waals surface area contributed by atoms with Crippen LogP contribution in [0.4, 0.5) is 0 Å². The van der Waals surface area contributed by atoms with Gasteiger partial charge in [-0.1, -0.05) is 0 Å². The molecule has 1 aliphatic rings. The lowest BCUT2D eigenvalue weighted by Gasteiger charge is -2.28. The second-order valence-electron chi connectivity index (χ2n) is 8.21. The molecule has 2 heterocycles. The number of rotatable bonds is 12. The number of carboxylic acid groups (broad SMARTS) is 1. The molecule has 1 aliphatic heterocycles. The van der Waals surface area contributed by atoms with Gasteiger partial charge in [0.05, 0.1) is 18.5 Å². The molecule has 0 radical (unpaired) electrons. The summed E-state index contributed by atoms with van der Waals surface area (Å²) >= 11 is 0. The number of hydrogen-bond donors (Lipinski definition) is 7. The highest BCUT2D eigenvalue weighted by atomic mass is 16.4. The van der Waals surface area contributed by atoms with Crippen LogP contribution in [0.2, 0.25) is 0 Å². The second-order valence-corrected chi connectivity index (χ2v) is 8.21. The normalized spacial score (nSPS) is 19.0. The minimum Gasteiger partial charge on any atom is -0.480 e. The molecule has 5 atom stereocenters. The summed E-state index contributed by atoms with van der Waals surface area (Å²) in [5.74, 6) is -3.98. The molecule has 0 bridgehead atoms. The lowest BCUT2D eigenvalue weighted by atomic mass is 10.1. The summed E-state index contributed by atoms with van der Waals surface area (Å²) < 4.78 is 0. The summed E-state index contributed by atoms with van der Waals surface area (Å²) in [6, 6.07) is -4.69. The molecule has 1 saturated heterocycles. The van der Waals surface area contributed by atoms with E-state index in [1.54, 1.807) is 0 Å². The van der Waals surface area contributed by atoms with Crippen molar-refractivity contribution in [3.05, 3.63) is 18.2 Å². The number of nitrogens with one attached hydrogen (secondary N) is 3. The van der Waals surface area contributed by atoms with Crippen molar-refractivity contribution < 1.29 is 34.2 Å². The van der Waals surface area contributed by atoms with Gasteiger partial charge in [-0.3, -0.25) is 19.2 Å². The topological polar surface area (TPSA) is 234 Å². The molecular weight excluding hydrogens is 450 g/mol. The smallest absolute Gasteiger partial charge is 0.328 e. The van der Waals surface area contributed by atoms with Crippen molar-refractivity contribution >= 4 is 29.6 Å². The predicted molar refractivity (Wildman–Crippen MR) is 117 cm³/mol. The first-order valence-corrected chi connectivity index (χ1v) is 10.8. The maximum atomic E-state index is 13.1. The van der Waals surface area contributed by atoms with Crippen LogP contribution in [-0.4, -0.2) is 91.5 Å². The summed E-state index contributed by atoms with van der Waals surface area (Å²) in [5.41, 5.74) is 11.5. The lowest BCUT2D eigenvalue weighted by Crippen LogP contribution is -2.58. The Kier molecular flexibility index (Phi) is 9.50. The first kappa shape index (κ1) is 26.7. The third-order valence-corrected chi connectivity index (χ3v) is 5.52. The zero-order chi connectivity index (χ0) is 25.4. The molecule has 34 heavy (non-hydrogen) atoms. The molecule has 5 unspecified atom stereocenters. The Hall–Kier alpha value is -3.52. The fraction of sp³-hybridized carbons (Fsp3) is 0.600. The van der Waals surface area contributed by atoms with Crippen molar-refractivity contribution in [3.63, 3.8) is 0 Å². The number of amides is 4. The van der Waals surface area contributed by atoms with Gasteiger partial charge in [-0.25, -0.2) is 9.78 Å². The number of aromatic nitrogens is 2. The molecule has 4 amide bonds. The van der Waals surface area contributed by atoms with Crippen LogP contribution >= 0.6 is 0 Å². The van der Waals surface area contributed by atoms with Crippen molar-refractivity contribution in [2.24, 2.45) is 11.5 Å². The predicted octanol–water partition coefficient (Wildman–Crippen LogP) is -3.03. The van der Waals surface area contributed by atoms with Crippen molar-refractivity contribution in [1.29, 1.82) is 0 Å². The number of carbonyl (C=O) groups is 5. The summed E-state index contributed by atoms with van der Waals surface area (Å²) in [6.45, 7) is 1.49. The lowest BCUT2D eigenvalue weighted by molar-refractivity contribution is -0.145. The quantitative estimate of drug-likeness (QED) is 0.161. The van der Waals surface area contributed by atoms with Gasteiger partial charge in [-0.2, -0.15) is 0 Å². The van der Waals surface area contributed by atoms with Gasteiger partial charge >= 0.3 is 5.97 Å². The van der Waals surface area contributed by atoms with E-state index in [1.165, 1.54) is 24.3 Å². The van der Waals surface area contributed by atoms with Gasteiger partial charge in [0.1, 0.15) is 12.1 Å². The summed E-state index contributed by atoms with van der Waals surface area (Å²) in [7, 11) is 0. The Balaban J connectivity index is 2.13. The molecule has 1 aromatic heterocycles. The number of H-pyrrole nitrogens is 1. The van der Waals surface area contributed by atoms with Crippen molar-refractivity contribution in [2.45, 2.75) is 69.3 Å². The standard InChI is InChI=1S/C20H31N7O7/c1-10(28)16(20(33)34)26-17(30)13(7-11-8-23-9-24-11)25-18(31)14-3-2-6-27(14)19(32)12(21)4-5-15(22)29/h8-10,12-14,16,28H,2-7,21H2,1H3,(H2,22,29)(H,23,24)(H,25,31)(H,26,30)(H,33,34). The highest BCUT2D eigenvalue weighted by Crippen LogP contribution is 2.19. The molecule has 0 aromatic carbocycles. The number of aliphatic carboxylic acids is 1. The minimum atomic E-state index is -1.58. The average molecular weight is 482 g/mol. The van der Waals surface area contributed by atoms with Crippen LogP contribution in [-0.2, 0) is 30.4 Å². The van der Waals surface area contributed by atoms with E-state index in [0.717, 1.165) is 0 Å². The highest BCUT2D eigenvalue weighted by molar-refractivity contribution is 5.94. The van der Waals surface area contributed by atoms with E-state index < -0.39 is 59.9 Å². The molecular formula is C20H31N7O7. The molecule has 188 valence electrons. The minimum absolute atomic E-state index is 0.0392. The molecule has 9 N–H and O–H groups in total. The number of aliphatic hydroxyl groups excluding tert-OH is 1. The van der Waals surface area contributed by atoms with Crippen molar-refractivity contribution in [2.75, 3.05) is 6.54 Å². The van der Waals surface area contributed by atoms with Crippen LogP contribution < -0.4 is 22.1 Å². The summed E-state index contributed by atoms with van der Waals surface area (Å²) in [4.78, 5) is 68.9. The summed E-state index contributed by atoms with van der Waals surface area (Å²) in [6.07, 6.45) is 2.25. The van der Waals surface area contributed by atoms with Gasteiger partial charge in [-0.15, -0.1) is 0 Å². The van der Waals surface area contributed by atoms with E-state index in [4.69, 9.17) is 11.5 Å². The molecule has 0 aliphatic carbocycles. The molecule has 2 rings (SSSR count). The van der Waals surface area contributed by atoms with E-state index in [-0.39, 0.29) is 25.8 Å². The largest absolute Gasteiger partial charge is 0.480 e. The van der Waals surface area contributed by atoms with E-state index in [9.17, 15) is 34.2 Å². The Labute approximate surface area is 195 Å². The van der Waals surface area contributed by atoms with Gasteiger partial charge in [0.2, 0.25) is 23.6 Å². The highest BCUT2D eigenvalue weighted by Gasteiger charge is 2.38. The van der Waals surface area contributed by atoms with E-state index in [2.05, 4.69) is 20.6 Å². The second kappa shape index (κ2) is 12.1. The zero-order valence-corrected chi connectivity index (χ0v) is 18.8. The Morgan fingerprint density at radius 1 is 1.29 bits per heavy atom. The molecule has 1 fully saturated rings. The van der Waals surface area contributed by atoms with Crippen LogP contribution in [0.5, 0.6) is 0 Å².